The van der Waals surface area contributed by atoms with Gasteiger partial charge in [-0.3, -0.25) is 9.89 Å². The van der Waals surface area contributed by atoms with Crippen molar-refractivity contribution in [2.75, 3.05) is 11.9 Å². The molecule has 46 heavy (non-hydrogen) atoms. The molecule has 0 spiro atoms. The Bertz CT molecular complexity index is 1860. The third-order valence-electron chi connectivity index (χ3n) is 7.77. The van der Waals surface area contributed by atoms with Crippen molar-refractivity contribution in [2.24, 2.45) is 0 Å². The number of ether oxygens (including phenoxy) is 1. The number of H-pyrrole nitrogens is 1. The van der Waals surface area contributed by atoms with Gasteiger partial charge in [0.25, 0.3) is 0 Å². The van der Waals surface area contributed by atoms with Crippen molar-refractivity contribution in [3.63, 3.8) is 0 Å². The summed E-state index contributed by atoms with van der Waals surface area (Å²) >= 11 is 0. The molecule has 0 radical (unpaired) electrons. The molecule has 8 nitrogen and oxygen atoms in total. The number of aryl methyl sites for hydroxylation is 2. The molecule has 6 aromatic rings. The number of carbonyl (C=O) groups excluding carboxylic acids is 1. The van der Waals surface area contributed by atoms with Crippen molar-refractivity contribution in [2.45, 2.75) is 45.6 Å². The highest BCUT2D eigenvalue weighted by Crippen LogP contribution is 2.27. The summed E-state index contributed by atoms with van der Waals surface area (Å²) in [7, 11) is 0. The van der Waals surface area contributed by atoms with Gasteiger partial charge in [-0.2, -0.15) is 5.10 Å². The number of benzene rings is 4. The highest BCUT2D eigenvalue weighted by Gasteiger charge is 2.21. The van der Waals surface area contributed by atoms with Gasteiger partial charge in [0.1, 0.15) is 17.3 Å². The predicted octanol–water partition coefficient (Wildman–Crippen LogP) is 7.97. The number of anilines is 1. The standard InChI is InChI=1S/C38H37N5O3/c1-3-12-35-41-37(43-42-35)34(39-33-18-11-10-17-31(33)36(44)28-13-6-4-7-14-28)25-27-19-21-30(22-20-27)45-24-23-32-26(2)46-38(40-32)29-15-8-5-9-16-29/h4-11,13-22,34,39H,3,12,23-25H2,1-2H3,(H,41,42,43)/t34-/m0/s1. The van der Waals surface area contributed by atoms with Crippen LogP contribution in [0.3, 0.4) is 0 Å². The Labute approximate surface area is 268 Å². The highest BCUT2D eigenvalue weighted by atomic mass is 16.5. The van der Waals surface area contributed by atoms with E-state index in [2.05, 4.69) is 39.6 Å². The lowest BCUT2D eigenvalue weighted by molar-refractivity contribution is 0.103. The molecule has 2 heterocycles. The maximum atomic E-state index is 13.4. The summed E-state index contributed by atoms with van der Waals surface area (Å²) < 4.78 is 12.0. The Kier molecular flexibility index (Phi) is 9.63. The number of carbonyl (C=O) groups is 1. The van der Waals surface area contributed by atoms with E-state index >= 15 is 0 Å². The van der Waals surface area contributed by atoms with Crippen LogP contribution in [0.4, 0.5) is 5.69 Å². The lowest BCUT2D eigenvalue weighted by Gasteiger charge is -2.20. The Balaban J connectivity index is 1.14. The lowest BCUT2D eigenvalue weighted by atomic mass is 10.00. The van der Waals surface area contributed by atoms with Crippen LogP contribution in [0, 0.1) is 6.92 Å². The zero-order valence-corrected chi connectivity index (χ0v) is 26.1. The molecule has 0 bridgehead atoms. The smallest absolute Gasteiger partial charge is 0.226 e. The third kappa shape index (κ3) is 7.41. The van der Waals surface area contributed by atoms with Crippen molar-refractivity contribution in [1.82, 2.24) is 20.2 Å². The zero-order chi connectivity index (χ0) is 31.7. The fourth-order valence-corrected chi connectivity index (χ4v) is 5.35. The molecule has 232 valence electrons. The number of aromatic amines is 1. The topological polar surface area (TPSA) is 106 Å². The van der Waals surface area contributed by atoms with Crippen LogP contribution < -0.4 is 10.1 Å². The molecule has 0 aliphatic rings. The number of oxazole rings is 1. The average molecular weight is 612 g/mol. The van der Waals surface area contributed by atoms with Crippen LogP contribution in [0.1, 0.15) is 64.0 Å². The number of hydrogen-bond donors (Lipinski definition) is 2. The number of ketones is 1. The van der Waals surface area contributed by atoms with E-state index in [1.807, 2.05) is 104 Å². The molecule has 0 unspecified atom stereocenters. The normalized spacial score (nSPS) is 11.7. The van der Waals surface area contributed by atoms with Crippen LogP contribution in [0.15, 0.2) is 114 Å². The van der Waals surface area contributed by atoms with Gasteiger partial charge >= 0.3 is 0 Å². The second-order valence-electron chi connectivity index (χ2n) is 11.2. The number of para-hydroxylation sites is 1. The number of nitrogens with zero attached hydrogens (tertiary/aromatic N) is 3. The van der Waals surface area contributed by atoms with Gasteiger partial charge < -0.3 is 14.5 Å². The quantitative estimate of drug-likeness (QED) is 0.120. The van der Waals surface area contributed by atoms with Crippen molar-refractivity contribution in [3.05, 3.63) is 149 Å². The number of nitrogens with one attached hydrogen (secondary N) is 2. The summed E-state index contributed by atoms with van der Waals surface area (Å²) in [5, 5.41) is 11.2. The first-order valence-electron chi connectivity index (χ1n) is 15.7. The van der Waals surface area contributed by atoms with Crippen LogP contribution in [0.25, 0.3) is 11.5 Å². The molecule has 6 rings (SSSR count). The fourth-order valence-electron chi connectivity index (χ4n) is 5.35. The van der Waals surface area contributed by atoms with Crippen LogP contribution in [0.5, 0.6) is 5.75 Å². The second kappa shape index (κ2) is 14.5. The zero-order valence-electron chi connectivity index (χ0n) is 26.1. The number of hydrogen-bond acceptors (Lipinski definition) is 7. The van der Waals surface area contributed by atoms with E-state index in [4.69, 9.17) is 14.1 Å². The Morgan fingerprint density at radius 3 is 2.35 bits per heavy atom. The number of rotatable bonds is 14. The third-order valence-corrected chi connectivity index (χ3v) is 7.77. The molecule has 0 amide bonds. The van der Waals surface area contributed by atoms with E-state index in [-0.39, 0.29) is 11.8 Å². The Morgan fingerprint density at radius 1 is 0.870 bits per heavy atom. The van der Waals surface area contributed by atoms with Gasteiger partial charge in [-0.15, -0.1) is 0 Å². The SMILES string of the molecule is CCCc1nc([C@H](Cc2ccc(OCCc3nc(-c4ccccc4)oc3C)cc2)Nc2ccccc2C(=O)c2ccccc2)n[nH]1. The van der Waals surface area contributed by atoms with Crippen molar-refractivity contribution in [3.8, 4) is 17.2 Å². The summed E-state index contributed by atoms with van der Waals surface area (Å²) in [6.07, 6.45) is 3.03. The van der Waals surface area contributed by atoms with E-state index in [0.717, 1.165) is 52.7 Å². The van der Waals surface area contributed by atoms with Crippen molar-refractivity contribution >= 4 is 11.5 Å². The van der Waals surface area contributed by atoms with Crippen LogP contribution in [-0.4, -0.2) is 32.6 Å². The van der Waals surface area contributed by atoms with E-state index in [9.17, 15) is 4.79 Å². The largest absolute Gasteiger partial charge is 0.493 e. The van der Waals surface area contributed by atoms with Gasteiger partial charge in [0, 0.05) is 35.2 Å². The molecule has 0 aliphatic heterocycles. The molecule has 0 saturated heterocycles. The van der Waals surface area contributed by atoms with Gasteiger partial charge in [0.15, 0.2) is 11.6 Å². The predicted molar refractivity (Wildman–Crippen MR) is 179 cm³/mol. The molecule has 8 heteroatoms. The average Bonchev–Trinajstić information content (AvgIpc) is 3.72. The first kappa shape index (κ1) is 30.5. The molecule has 0 aliphatic carbocycles. The Morgan fingerprint density at radius 2 is 1.59 bits per heavy atom. The summed E-state index contributed by atoms with van der Waals surface area (Å²) in [4.78, 5) is 22.9. The minimum absolute atomic E-state index is 0.0392. The summed E-state index contributed by atoms with van der Waals surface area (Å²) in [6.45, 7) is 4.53. The first-order chi connectivity index (χ1) is 22.6. The lowest BCUT2D eigenvalue weighted by Crippen LogP contribution is -2.18. The maximum absolute atomic E-state index is 13.4. The first-order valence-corrected chi connectivity index (χ1v) is 15.7. The van der Waals surface area contributed by atoms with Crippen molar-refractivity contribution in [1.29, 1.82) is 0 Å². The van der Waals surface area contributed by atoms with Gasteiger partial charge in [-0.25, -0.2) is 9.97 Å². The van der Waals surface area contributed by atoms with Gasteiger partial charge in [-0.1, -0.05) is 79.7 Å². The maximum Gasteiger partial charge on any atom is 0.226 e. The molecule has 0 saturated carbocycles. The summed E-state index contributed by atoms with van der Waals surface area (Å²) in [5.74, 6) is 3.67. The monoisotopic (exact) mass is 611 g/mol. The molecule has 2 N–H and O–H groups in total. The molecular weight excluding hydrogens is 574 g/mol. The minimum Gasteiger partial charge on any atom is -0.493 e. The summed E-state index contributed by atoms with van der Waals surface area (Å²) in [6, 6.07) is 34.6. The van der Waals surface area contributed by atoms with Crippen molar-refractivity contribution < 1.29 is 13.9 Å². The van der Waals surface area contributed by atoms with Crippen LogP contribution in [-0.2, 0) is 19.3 Å². The summed E-state index contributed by atoms with van der Waals surface area (Å²) in [5.41, 5.74) is 4.91. The van der Waals surface area contributed by atoms with E-state index in [1.54, 1.807) is 0 Å². The Hall–Kier alpha value is -5.50. The number of aromatic nitrogens is 4. The molecule has 2 aromatic heterocycles. The highest BCUT2D eigenvalue weighted by molar-refractivity contribution is 6.12. The van der Waals surface area contributed by atoms with E-state index < -0.39 is 0 Å². The van der Waals surface area contributed by atoms with Gasteiger partial charge in [-0.05, 0) is 61.7 Å². The molecule has 1 atom stereocenters. The molecule has 0 fully saturated rings. The van der Waals surface area contributed by atoms with Gasteiger partial charge in [0.05, 0.1) is 18.3 Å². The van der Waals surface area contributed by atoms with E-state index in [0.29, 0.717) is 42.3 Å². The second-order valence-corrected chi connectivity index (χ2v) is 11.2. The van der Waals surface area contributed by atoms with E-state index in [1.165, 1.54) is 0 Å². The van der Waals surface area contributed by atoms with Crippen LogP contribution in [0.2, 0.25) is 0 Å². The fraction of sp³-hybridized carbons (Fsp3) is 0.211. The molecular formula is C38H37N5O3. The molecule has 4 aromatic carbocycles. The van der Waals surface area contributed by atoms with Gasteiger partial charge in [0.2, 0.25) is 5.89 Å². The van der Waals surface area contributed by atoms with Crippen LogP contribution >= 0.6 is 0 Å². The minimum atomic E-state index is -0.271.